The first-order valence-corrected chi connectivity index (χ1v) is 5.64. The Morgan fingerprint density at radius 3 is 2.21 bits per heavy atom. The molecule has 1 saturated carbocycles. The zero-order chi connectivity index (χ0) is 14.8. The first-order valence-electron chi connectivity index (χ1n) is 5.64. The van der Waals surface area contributed by atoms with E-state index in [1.54, 1.807) is 12.1 Å². The summed E-state index contributed by atoms with van der Waals surface area (Å²) < 4.78 is 10.3. The number of rotatable bonds is 3. The molecule has 0 atom stereocenters. The molecule has 1 aromatic rings. The van der Waals surface area contributed by atoms with E-state index in [2.05, 4.69) is 4.74 Å². The monoisotopic (exact) mass is 266 g/mol. The van der Waals surface area contributed by atoms with Crippen LogP contribution < -0.4 is 4.74 Å². The lowest BCUT2D eigenvalue weighted by molar-refractivity contribution is -0.0987. The molecule has 0 radical (unpaired) electrons. The Labute approximate surface area is 112 Å². The molecule has 1 fully saturated rings. The summed E-state index contributed by atoms with van der Waals surface area (Å²) in [5.41, 5.74) is 1.54. The predicted molar refractivity (Wildman–Crippen MR) is 70.4 cm³/mol. The number of aryl methyl sites for hydroxylation is 1. The summed E-state index contributed by atoms with van der Waals surface area (Å²) in [5, 5.41) is 0. The van der Waals surface area contributed by atoms with Crippen LogP contribution in [0.5, 0.6) is 5.75 Å². The van der Waals surface area contributed by atoms with Crippen molar-refractivity contribution < 1.29 is 23.9 Å². The van der Waals surface area contributed by atoms with Crippen LogP contribution in [-0.2, 0) is 14.3 Å². The summed E-state index contributed by atoms with van der Waals surface area (Å²) >= 11 is 0. The van der Waals surface area contributed by atoms with Gasteiger partial charge in [-0.05, 0) is 43.5 Å². The normalized spacial score (nSPS) is 12.1. The maximum Gasteiger partial charge on any atom is 0.337 e. The fraction of sp³-hybridized carbons (Fsp3) is 0.357. The molecule has 0 heterocycles. The van der Waals surface area contributed by atoms with Crippen molar-refractivity contribution in [3.05, 3.63) is 29.3 Å². The van der Waals surface area contributed by atoms with Crippen LogP contribution in [0.2, 0.25) is 0 Å². The Kier molecular flexibility index (Phi) is 7.84. The minimum Gasteiger partial charge on any atom is -0.490 e. The van der Waals surface area contributed by atoms with Crippen LogP contribution in [0.1, 0.15) is 28.8 Å². The summed E-state index contributed by atoms with van der Waals surface area (Å²) in [6.45, 7) is 5.93. The van der Waals surface area contributed by atoms with E-state index in [0.717, 1.165) is 24.2 Å². The van der Waals surface area contributed by atoms with E-state index >= 15 is 0 Å². The molecule has 1 aliphatic carbocycles. The predicted octanol–water partition coefficient (Wildman–Crippen LogP) is 1.95. The highest BCUT2D eigenvalue weighted by Gasteiger charge is 2.24. The van der Waals surface area contributed by atoms with Crippen LogP contribution in [0.4, 0.5) is 0 Å². The number of hydrogen-bond donors (Lipinski definition) is 0. The van der Waals surface area contributed by atoms with E-state index < -0.39 is 0 Å². The summed E-state index contributed by atoms with van der Waals surface area (Å²) in [7, 11) is 1.38. The van der Waals surface area contributed by atoms with Gasteiger partial charge in [-0.15, -0.1) is 0 Å². The van der Waals surface area contributed by atoms with E-state index in [1.807, 2.05) is 26.6 Å². The zero-order valence-corrected chi connectivity index (χ0v) is 11.2. The van der Waals surface area contributed by atoms with Crippen molar-refractivity contribution in [2.75, 3.05) is 7.11 Å². The number of ether oxygens (including phenoxy) is 2. The maximum absolute atomic E-state index is 11.2. The first-order chi connectivity index (χ1) is 9.20. The van der Waals surface area contributed by atoms with Gasteiger partial charge >= 0.3 is 5.97 Å². The number of benzene rings is 1. The van der Waals surface area contributed by atoms with Gasteiger partial charge in [0.2, 0.25) is 0 Å². The molecule has 0 aliphatic heterocycles. The van der Waals surface area contributed by atoms with Crippen molar-refractivity contribution in [2.45, 2.75) is 25.9 Å². The third-order valence-electron chi connectivity index (χ3n) is 2.41. The Morgan fingerprint density at radius 1 is 1.21 bits per heavy atom. The minimum atomic E-state index is -0.309. The van der Waals surface area contributed by atoms with Crippen LogP contribution in [0.25, 0.3) is 0 Å². The lowest BCUT2D eigenvalue weighted by Gasteiger charge is -2.08. The molecular formula is C14H18O5. The standard InChI is InChI=1S/C12H14O3.2CH2O/c1-8-7-9(12(13)14-2)3-6-11(8)15-10-4-5-10;2*1-2/h3,6-7,10H,4-5H2,1-2H3;2*1H2. The van der Waals surface area contributed by atoms with E-state index in [9.17, 15) is 4.79 Å². The van der Waals surface area contributed by atoms with Crippen molar-refractivity contribution in [3.63, 3.8) is 0 Å². The van der Waals surface area contributed by atoms with Gasteiger partial charge in [-0.1, -0.05) is 0 Å². The molecule has 0 aromatic heterocycles. The molecule has 104 valence electrons. The second kappa shape index (κ2) is 8.85. The molecule has 5 nitrogen and oxygen atoms in total. The van der Waals surface area contributed by atoms with Crippen molar-refractivity contribution in [2.24, 2.45) is 0 Å². The first kappa shape index (κ1) is 16.8. The van der Waals surface area contributed by atoms with E-state index in [0.29, 0.717) is 11.7 Å². The number of carbonyl (C=O) groups is 3. The molecule has 0 bridgehead atoms. The Bertz CT molecular complexity index is 410. The molecule has 1 aromatic carbocycles. The van der Waals surface area contributed by atoms with Crippen LogP contribution in [0.15, 0.2) is 18.2 Å². The Hall–Kier alpha value is -2.17. The van der Waals surface area contributed by atoms with E-state index in [-0.39, 0.29) is 5.97 Å². The zero-order valence-electron chi connectivity index (χ0n) is 11.2. The van der Waals surface area contributed by atoms with Gasteiger partial charge in [0.1, 0.15) is 19.3 Å². The van der Waals surface area contributed by atoms with Gasteiger partial charge in [0.15, 0.2) is 0 Å². The smallest absolute Gasteiger partial charge is 0.337 e. The average Bonchev–Trinajstić information content (AvgIpc) is 3.28. The highest BCUT2D eigenvalue weighted by Crippen LogP contribution is 2.29. The second-order valence-corrected chi connectivity index (χ2v) is 3.79. The number of methoxy groups -OCH3 is 1. The van der Waals surface area contributed by atoms with Crippen LogP contribution in [0.3, 0.4) is 0 Å². The van der Waals surface area contributed by atoms with Crippen LogP contribution in [0, 0.1) is 6.92 Å². The Balaban J connectivity index is 0.000000741. The molecule has 0 saturated heterocycles. The highest BCUT2D eigenvalue weighted by atomic mass is 16.5. The van der Waals surface area contributed by atoms with Gasteiger partial charge in [0, 0.05) is 0 Å². The van der Waals surface area contributed by atoms with Gasteiger partial charge in [0.25, 0.3) is 0 Å². The molecule has 0 N–H and O–H groups in total. The van der Waals surface area contributed by atoms with Crippen molar-refractivity contribution in [1.82, 2.24) is 0 Å². The molecule has 1 aliphatic rings. The largest absolute Gasteiger partial charge is 0.490 e. The second-order valence-electron chi connectivity index (χ2n) is 3.79. The number of esters is 1. The van der Waals surface area contributed by atoms with Crippen LogP contribution >= 0.6 is 0 Å². The van der Waals surface area contributed by atoms with Crippen LogP contribution in [-0.4, -0.2) is 32.8 Å². The van der Waals surface area contributed by atoms with E-state index in [1.165, 1.54) is 7.11 Å². The highest BCUT2D eigenvalue weighted by molar-refractivity contribution is 5.89. The van der Waals surface area contributed by atoms with Gasteiger partial charge in [-0.3, -0.25) is 0 Å². The fourth-order valence-electron chi connectivity index (χ4n) is 1.39. The topological polar surface area (TPSA) is 69.7 Å². The SMILES string of the molecule is C=O.C=O.COC(=O)c1ccc(OC2CC2)c(C)c1. The molecular weight excluding hydrogens is 248 g/mol. The number of hydrogen-bond acceptors (Lipinski definition) is 5. The lowest BCUT2D eigenvalue weighted by Crippen LogP contribution is -2.03. The third-order valence-corrected chi connectivity index (χ3v) is 2.41. The lowest BCUT2D eigenvalue weighted by atomic mass is 10.1. The molecule has 0 unspecified atom stereocenters. The van der Waals surface area contributed by atoms with Crippen molar-refractivity contribution in [1.29, 1.82) is 0 Å². The molecule has 0 spiro atoms. The summed E-state index contributed by atoms with van der Waals surface area (Å²) in [5.74, 6) is 0.557. The Morgan fingerprint density at radius 2 is 1.79 bits per heavy atom. The minimum absolute atomic E-state index is 0.309. The van der Waals surface area contributed by atoms with Crippen molar-refractivity contribution >= 4 is 19.5 Å². The quantitative estimate of drug-likeness (QED) is 0.782. The van der Waals surface area contributed by atoms with Gasteiger partial charge < -0.3 is 19.1 Å². The number of carbonyl (C=O) groups excluding carboxylic acids is 3. The van der Waals surface area contributed by atoms with Gasteiger partial charge in [-0.2, -0.15) is 0 Å². The maximum atomic E-state index is 11.2. The molecule has 2 rings (SSSR count). The summed E-state index contributed by atoms with van der Waals surface area (Å²) in [6.07, 6.45) is 2.66. The van der Waals surface area contributed by atoms with Crippen molar-refractivity contribution in [3.8, 4) is 5.75 Å². The summed E-state index contributed by atoms with van der Waals surface area (Å²) in [4.78, 5) is 27.2. The van der Waals surface area contributed by atoms with Gasteiger partial charge in [0.05, 0.1) is 18.8 Å². The summed E-state index contributed by atoms with van der Waals surface area (Å²) in [6, 6.07) is 5.36. The fourth-order valence-corrected chi connectivity index (χ4v) is 1.39. The molecule has 19 heavy (non-hydrogen) atoms. The van der Waals surface area contributed by atoms with E-state index in [4.69, 9.17) is 14.3 Å². The average molecular weight is 266 g/mol. The third kappa shape index (κ3) is 5.33. The molecule has 5 heteroatoms. The van der Waals surface area contributed by atoms with Gasteiger partial charge in [-0.25, -0.2) is 4.79 Å². The molecule has 0 amide bonds.